The lowest BCUT2D eigenvalue weighted by atomic mass is 9.97. The highest BCUT2D eigenvalue weighted by molar-refractivity contribution is 7.13. The molecule has 5 rings (SSSR count). The van der Waals surface area contributed by atoms with E-state index in [-0.39, 0.29) is 11.2 Å². The van der Waals surface area contributed by atoms with Gasteiger partial charge in [0.15, 0.2) is 5.43 Å². The van der Waals surface area contributed by atoms with Crippen LogP contribution < -0.4 is 15.1 Å². The fourth-order valence-corrected chi connectivity index (χ4v) is 4.51. The second-order valence-electron chi connectivity index (χ2n) is 7.41. The van der Waals surface area contributed by atoms with Gasteiger partial charge in [-0.05, 0) is 61.7 Å². The van der Waals surface area contributed by atoms with Crippen molar-refractivity contribution in [2.45, 2.75) is 26.8 Å². The van der Waals surface area contributed by atoms with Crippen LogP contribution in [0.25, 0.3) is 11.0 Å². The standard InChI is InChI=1S/C23H19N3O4S/c1-4-29-15-7-5-14(6-8-15)19-18-20(27)16-9-12(2)13(3)10-17(16)30-21(18)22(28)26(19)23-25-24-11-31-23/h5-11,19H,4H2,1-3H3. The molecule has 1 unspecified atom stereocenters. The molecular weight excluding hydrogens is 414 g/mol. The van der Waals surface area contributed by atoms with Gasteiger partial charge in [-0.2, -0.15) is 0 Å². The molecule has 156 valence electrons. The van der Waals surface area contributed by atoms with Gasteiger partial charge in [-0.25, -0.2) is 0 Å². The Labute approximate surface area is 181 Å². The molecule has 0 bridgehead atoms. The average molecular weight is 433 g/mol. The molecule has 1 atom stereocenters. The minimum absolute atomic E-state index is 0.0508. The molecule has 1 aliphatic rings. The number of carbonyl (C=O) groups is 1. The van der Waals surface area contributed by atoms with Gasteiger partial charge in [0.05, 0.1) is 23.6 Å². The van der Waals surface area contributed by atoms with Gasteiger partial charge in [0.2, 0.25) is 10.9 Å². The number of aryl methyl sites for hydroxylation is 2. The van der Waals surface area contributed by atoms with E-state index >= 15 is 0 Å². The summed E-state index contributed by atoms with van der Waals surface area (Å²) in [6.45, 7) is 6.36. The molecule has 0 saturated carbocycles. The van der Waals surface area contributed by atoms with Gasteiger partial charge in [0.25, 0.3) is 5.91 Å². The van der Waals surface area contributed by atoms with Gasteiger partial charge in [0.1, 0.15) is 16.8 Å². The quantitative estimate of drug-likeness (QED) is 0.474. The van der Waals surface area contributed by atoms with Crippen LogP contribution in [0.5, 0.6) is 5.75 Å². The van der Waals surface area contributed by atoms with Gasteiger partial charge in [-0.1, -0.05) is 23.5 Å². The van der Waals surface area contributed by atoms with Gasteiger partial charge in [-0.3, -0.25) is 14.5 Å². The zero-order chi connectivity index (χ0) is 21.7. The molecule has 1 amide bonds. The number of aromatic nitrogens is 2. The topological polar surface area (TPSA) is 85.5 Å². The largest absolute Gasteiger partial charge is 0.494 e. The van der Waals surface area contributed by atoms with Crippen LogP contribution >= 0.6 is 11.3 Å². The van der Waals surface area contributed by atoms with Gasteiger partial charge in [-0.15, -0.1) is 10.2 Å². The Morgan fingerprint density at radius 1 is 1.13 bits per heavy atom. The highest BCUT2D eigenvalue weighted by Crippen LogP contribution is 2.42. The molecule has 31 heavy (non-hydrogen) atoms. The van der Waals surface area contributed by atoms with E-state index in [9.17, 15) is 9.59 Å². The van der Waals surface area contributed by atoms with Crippen molar-refractivity contribution in [3.05, 3.63) is 80.1 Å². The first kappa shape index (κ1) is 19.4. The Morgan fingerprint density at radius 2 is 1.87 bits per heavy atom. The molecule has 3 heterocycles. The number of carbonyl (C=O) groups excluding carboxylic acids is 1. The number of benzene rings is 2. The van der Waals surface area contributed by atoms with Crippen molar-refractivity contribution in [1.82, 2.24) is 10.2 Å². The van der Waals surface area contributed by atoms with Crippen molar-refractivity contribution in [3.63, 3.8) is 0 Å². The van der Waals surface area contributed by atoms with E-state index in [0.29, 0.717) is 28.3 Å². The van der Waals surface area contributed by atoms with Crippen LogP contribution in [-0.2, 0) is 0 Å². The molecule has 0 aliphatic carbocycles. The molecular formula is C23H19N3O4S. The summed E-state index contributed by atoms with van der Waals surface area (Å²) < 4.78 is 11.6. The van der Waals surface area contributed by atoms with E-state index in [1.54, 1.807) is 11.6 Å². The molecule has 8 heteroatoms. The molecule has 4 aromatic rings. The molecule has 2 aromatic carbocycles. The number of fused-ring (bicyclic) bond motifs is 2. The predicted octanol–water partition coefficient (Wildman–Crippen LogP) is 4.41. The summed E-state index contributed by atoms with van der Waals surface area (Å²) in [5.41, 5.74) is 4.82. The molecule has 0 radical (unpaired) electrons. The summed E-state index contributed by atoms with van der Waals surface area (Å²) in [6.07, 6.45) is 0. The summed E-state index contributed by atoms with van der Waals surface area (Å²) >= 11 is 1.23. The summed E-state index contributed by atoms with van der Waals surface area (Å²) in [7, 11) is 0. The fraction of sp³-hybridized carbons (Fsp3) is 0.217. The molecule has 0 saturated heterocycles. The summed E-state index contributed by atoms with van der Waals surface area (Å²) in [5.74, 6) is 0.368. The zero-order valence-electron chi connectivity index (χ0n) is 17.2. The maximum Gasteiger partial charge on any atom is 0.297 e. The van der Waals surface area contributed by atoms with E-state index in [2.05, 4.69) is 10.2 Å². The number of anilines is 1. The lowest BCUT2D eigenvalue weighted by Gasteiger charge is -2.22. The normalized spacial score (nSPS) is 15.5. The van der Waals surface area contributed by atoms with Crippen LogP contribution in [0.2, 0.25) is 0 Å². The first-order valence-corrected chi connectivity index (χ1v) is 10.8. The zero-order valence-corrected chi connectivity index (χ0v) is 18.0. The van der Waals surface area contributed by atoms with Gasteiger partial charge >= 0.3 is 0 Å². The van der Waals surface area contributed by atoms with Crippen LogP contribution in [0.15, 0.2) is 51.1 Å². The Hall–Kier alpha value is -3.52. The van der Waals surface area contributed by atoms with Crippen molar-refractivity contribution in [2.24, 2.45) is 0 Å². The smallest absolute Gasteiger partial charge is 0.297 e. The predicted molar refractivity (Wildman–Crippen MR) is 118 cm³/mol. The number of nitrogens with zero attached hydrogens (tertiary/aromatic N) is 3. The second-order valence-corrected chi connectivity index (χ2v) is 8.22. The molecule has 7 nitrogen and oxygen atoms in total. The summed E-state index contributed by atoms with van der Waals surface area (Å²) in [4.78, 5) is 28.5. The second kappa shape index (κ2) is 7.31. The van der Waals surface area contributed by atoms with Crippen molar-refractivity contribution in [2.75, 3.05) is 11.5 Å². The Morgan fingerprint density at radius 3 is 2.55 bits per heavy atom. The van der Waals surface area contributed by atoms with E-state index in [1.165, 1.54) is 16.2 Å². The summed E-state index contributed by atoms with van der Waals surface area (Å²) in [5, 5.41) is 8.84. The Balaban J connectivity index is 1.77. The minimum Gasteiger partial charge on any atom is -0.494 e. The molecule has 1 aliphatic heterocycles. The Kier molecular flexibility index (Phi) is 4.59. The lowest BCUT2D eigenvalue weighted by molar-refractivity contribution is 0.0970. The van der Waals surface area contributed by atoms with Crippen molar-refractivity contribution in [1.29, 1.82) is 0 Å². The number of hydrogen-bond donors (Lipinski definition) is 0. The third kappa shape index (κ3) is 3.02. The third-order valence-electron chi connectivity index (χ3n) is 5.55. The highest BCUT2D eigenvalue weighted by Gasteiger charge is 2.45. The average Bonchev–Trinajstić information content (AvgIpc) is 3.37. The fourth-order valence-electron chi connectivity index (χ4n) is 3.93. The third-order valence-corrected chi connectivity index (χ3v) is 6.24. The van der Waals surface area contributed by atoms with E-state index in [1.807, 2.05) is 51.1 Å². The van der Waals surface area contributed by atoms with E-state index < -0.39 is 11.9 Å². The van der Waals surface area contributed by atoms with Crippen molar-refractivity contribution < 1.29 is 13.9 Å². The molecule has 2 aromatic heterocycles. The van der Waals surface area contributed by atoms with Crippen molar-refractivity contribution >= 4 is 33.3 Å². The van der Waals surface area contributed by atoms with Crippen LogP contribution in [-0.4, -0.2) is 22.7 Å². The molecule has 0 N–H and O–H groups in total. The number of amides is 1. The number of rotatable bonds is 4. The first-order valence-electron chi connectivity index (χ1n) is 9.90. The number of hydrogen-bond acceptors (Lipinski definition) is 7. The molecule has 0 fully saturated rings. The Bertz CT molecular complexity index is 1360. The highest BCUT2D eigenvalue weighted by atomic mass is 32.1. The van der Waals surface area contributed by atoms with E-state index in [4.69, 9.17) is 9.15 Å². The molecule has 0 spiro atoms. The van der Waals surface area contributed by atoms with Crippen LogP contribution in [0.1, 0.15) is 45.8 Å². The van der Waals surface area contributed by atoms with Gasteiger partial charge < -0.3 is 9.15 Å². The van der Waals surface area contributed by atoms with Crippen LogP contribution in [0.3, 0.4) is 0 Å². The first-order chi connectivity index (χ1) is 15.0. The SMILES string of the molecule is CCOc1ccc(C2c3c(oc4cc(C)c(C)cc4c3=O)C(=O)N2c2nncs2)cc1. The van der Waals surface area contributed by atoms with Crippen molar-refractivity contribution in [3.8, 4) is 5.75 Å². The summed E-state index contributed by atoms with van der Waals surface area (Å²) in [6, 6.07) is 10.3. The number of ether oxygens (including phenoxy) is 1. The maximum absolute atomic E-state index is 13.6. The maximum atomic E-state index is 13.6. The lowest BCUT2D eigenvalue weighted by Crippen LogP contribution is -2.29. The minimum atomic E-state index is -0.659. The van der Waals surface area contributed by atoms with Crippen LogP contribution in [0.4, 0.5) is 5.13 Å². The van der Waals surface area contributed by atoms with E-state index in [0.717, 1.165) is 22.4 Å². The van der Waals surface area contributed by atoms with Crippen LogP contribution in [0, 0.1) is 13.8 Å². The monoisotopic (exact) mass is 433 g/mol. The van der Waals surface area contributed by atoms with Gasteiger partial charge in [0, 0.05) is 0 Å².